The van der Waals surface area contributed by atoms with Crippen LogP contribution < -0.4 is 5.32 Å². The first-order valence-electron chi connectivity index (χ1n) is 10.7. The largest absolute Gasteiger partial charge is 0.453 e. The molecule has 1 fully saturated rings. The van der Waals surface area contributed by atoms with Crippen LogP contribution in [0.4, 0.5) is 4.79 Å². The number of amides is 2. The third-order valence-corrected chi connectivity index (χ3v) is 6.09. The fourth-order valence-electron chi connectivity index (χ4n) is 3.41. The summed E-state index contributed by atoms with van der Waals surface area (Å²) in [4.78, 5) is 26.7. The van der Waals surface area contributed by atoms with Crippen LogP contribution in [0.1, 0.15) is 22.3 Å². The van der Waals surface area contributed by atoms with Crippen LogP contribution in [0, 0.1) is 0 Å². The van der Waals surface area contributed by atoms with E-state index in [1.807, 2.05) is 54.6 Å². The van der Waals surface area contributed by atoms with E-state index in [4.69, 9.17) is 0 Å². The standard InChI is InChI=1S/C26H29N3O3S/c1-4-9-22(20-10-7-6-8-11-20)17-29(16-5-2)33-24-14-12-21(13-15-24)25(30)28-18-23(19-28)27-26(31)32-3/h4-8,10-15,17,23H,1-2,9,16,18-19H2,3H3,(H,27,31)/b22-17+. The van der Waals surface area contributed by atoms with Gasteiger partial charge in [-0.1, -0.05) is 42.5 Å². The minimum atomic E-state index is -0.477. The first-order chi connectivity index (χ1) is 16.0. The number of methoxy groups -OCH3 is 1. The summed E-state index contributed by atoms with van der Waals surface area (Å²) in [6.07, 6.45) is 6.16. The van der Waals surface area contributed by atoms with Crippen LogP contribution in [-0.2, 0) is 4.74 Å². The zero-order valence-corrected chi connectivity index (χ0v) is 19.6. The zero-order chi connectivity index (χ0) is 23.6. The summed E-state index contributed by atoms with van der Waals surface area (Å²) in [6, 6.07) is 17.7. The van der Waals surface area contributed by atoms with Gasteiger partial charge in [-0.05, 0) is 53.8 Å². The monoisotopic (exact) mass is 463 g/mol. The van der Waals surface area contributed by atoms with Crippen molar-refractivity contribution >= 4 is 29.5 Å². The zero-order valence-electron chi connectivity index (χ0n) is 18.8. The van der Waals surface area contributed by atoms with Crippen molar-refractivity contribution in [2.75, 3.05) is 26.7 Å². The number of ether oxygens (including phenoxy) is 1. The molecule has 0 aliphatic carbocycles. The normalized spacial score (nSPS) is 13.6. The number of nitrogens with zero attached hydrogens (tertiary/aromatic N) is 2. The van der Waals surface area contributed by atoms with Crippen molar-refractivity contribution in [1.29, 1.82) is 0 Å². The lowest BCUT2D eigenvalue weighted by molar-refractivity contribution is 0.0558. The summed E-state index contributed by atoms with van der Waals surface area (Å²) in [7, 11) is 1.32. The number of hydrogen-bond acceptors (Lipinski definition) is 5. The predicted octanol–water partition coefficient (Wildman–Crippen LogP) is 4.98. The number of rotatable bonds is 10. The Labute approximate surface area is 199 Å². The minimum absolute atomic E-state index is 0.0466. The molecule has 2 aromatic carbocycles. The summed E-state index contributed by atoms with van der Waals surface area (Å²) < 4.78 is 6.71. The highest BCUT2D eigenvalue weighted by Gasteiger charge is 2.32. The molecule has 33 heavy (non-hydrogen) atoms. The maximum absolute atomic E-state index is 12.7. The Morgan fingerprint density at radius 3 is 2.39 bits per heavy atom. The van der Waals surface area contributed by atoms with E-state index in [0.29, 0.717) is 25.2 Å². The quantitative estimate of drug-likeness (QED) is 0.398. The average molecular weight is 464 g/mol. The SMILES string of the molecule is C=CC/C(=C\N(CC=C)Sc1ccc(C(=O)N2CC(NC(=O)OC)C2)cc1)c1ccccc1. The van der Waals surface area contributed by atoms with Gasteiger partial charge in [0.2, 0.25) is 0 Å². The van der Waals surface area contributed by atoms with Crippen molar-refractivity contribution < 1.29 is 14.3 Å². The van der Waals surface area contributed by atoms with Gasteiger partial charge in [0, 0.05) is 36.3 Å². The van der Waals surface area contributed by atoms with Crippen LogP contribution in [0.15, 0.2) is 91.0 Å². The molecule has 7 heteroatoms. The van der Waals surface area contributed by atoms with E-state index in [9.17, 15) is 9.59 Å². The van der Waals surface area contributed by atoms with E-state index in [2.05, 4.69) is 45.8 Å². The molecule has 2 amide bonds. The molecule has 172 valence electrons. The number of hydrogen-bond donors (Lipinski definition) is 1. The molecule has 3 rings (SSSR count). The number of alkyl carbamates (subject to hydrolysis) is 1. The Kier molecular flexibility index (Phi) is 8.78. The van der Waals surface area contributed by atoms with Crippen molar-refractivity contribution in [3.63, 3.8) is 0 Å². The van der Waals surface area contributed by atoms with Crippen molar-refractivity contribution in [3.8, 4) is 0 Å². The molecule has 1 N–H and O–H groups in total. The predicted molar refractivity (Wildman–Crippen MR) is 134 cm³/mol. The second-order valence-corrected chi connectivity index (χ2v) is 8.68. The highest BCUT2D eigenvalue weighted by Crippen LogP contribution is 2.28. The van der Waals surface area contributed by atoms with E-state index >= 15 is 0 Å². The lowest BCUT2D eigenvalue weighted by Gasteiger charge is -2.39. The van der Waals surface area contributed by atoms with Crippen molar-refractivity contribution in [1.82, 2.24) is 14.5 Å². The van der Waals surface area contributed by atoms with Crippen molar-refractivity contribution in [3.05, 3.63) is 97.2 Å². The molecule has 1 aliphatic rings. The highest BCUT2D eigenvalue weighted by atomic mass is 32.2. The van der Waals surface area contributed by atoms with Gasteiger partial charge in [0.1, 0.15) is 0 Å². The van der Waals surface area contributed by atoms with Gasteiger partial charge in [0.15, 0.2) is 0 Å². The topological polar surface area (TPSA) is 61.9 Å². The lowest BCUT2D eigenvalue weighted by Crippen LogP contribution is -2.60. The van der Waals surface area contributed by atoms with Crippen molar-refractivity contribution in [2.24, 2.45) is 0 Å². The maximum Gasteiger partial charge on any atom is 0.407 e. The summed E-state index contributed by atoms with van der Waals surface area (Å²) in [5, 5.41) is 2.70. The molecule has 0 aromatic heterocycles. The summed E-state index contributed by atoms with van der Waals surface area (Å²) >= 11 is 1.59. The molecule has 0 bridgehead atoms. The molecule has 0 spiro atoms. The Hall–Kier alpha value is -3.45. The third-order valence-electron chi connectivity index (χ3n) is 5.12. The van der Waals surface area contributed by atoms with Crippen LogP contribution in [0.5, 0.6) is 0 Å². The van der Waals surface area contributed by atoms with Crippen LogP contribution in [-0.4, -0.2) is 54.0 Å². The Morgan fingerprint density at radius 1 is 1.09 bits per heavy atom. The number of carbonyl (C=O) groups is 2. The highest BCUT2D eigenvalue weighted by molar-refractivity contribution is 7.97. The lowest BCUT2D eigenvalue weighted by atomic mass is 10.0. The molecule has 0 saturated carbocycles. The van der Waals surface area contributed by atoms with E-state index < -0.39 is 6.09 Å². The van der Waals surface area contributed by atoms with Crippen LogP contribution in [0.3, 0.4) is 0 Å². The van der Waals surface area contributed by atoms with Crippen LogP contribution in [0.2, 0.25) is 0 Å². The van der Waals surface area contributed by atoms with E-state index in [0.717, 1.165) is 16.9 Å². The molecular formula is C26H29N3O3S. The Morgan fingerprint density at radius 2 is 1.79 bits per heavy atom. The number of carbonyl (C=O) groups excluding carboxylic acids is 2. The first kappa shape index (κ1) is 24.2. The molecule has 0 atom stereocenters. The number of allylic oxidation sites excluding steroid dienone is 2. The second-order valence-electron chi connectivity index (χ2n) is 7.56. The average Bonchev–Trinajstić information content (AvgIpc) is 2.81. The van der Waals surface area contributed by atoms with Gasteiger partial charge in [-0.15, -0.1) is 13.2 Å². The van der Waals surface area contributed by atoms with E-state index in [-0.39, 0.29) is 11.9 Å². The molecule has 1 saturated heterocycles. The van der Waals surface area contributed by atoms with E-state index in [1.54, 1.807) is 16.8 Å². The fourth-order valence-corrected chi connectivity index (χ4v) is 4.30. The molecule has 1 aliphatic heterocycles. The molecule has 2 aromatic rings. The molecule has 0 unspecified atom stereocenters. The summed E-state index contributed by atoms with van der Waals surface area (Å²) in [5.74, 6) is -0.0466. The van der Waals surface area contributed by atoms with E-state index in [1.165, 1.54) is 12.7 Å². The fraction of sp³-hybridized carbons (Fsp3) is 0.231. The maximum atomic E-state index is 12.7. The van der Waals surface area contributed by atoms with Gasteiger partial charge in [-0.25, -0.2) is 4.79 Å². The van der Waals surface area contributed by atoms with Crippen LogP contribution >= 0.6 is 11.9 Å². The summed E-state index contributed by atoms with van der Waals surface area (Å²) in [5.41, 5.74) is 2.94. The Bertz CT molecular complexity index is 999. The smallest absolute Gasteiger partial charge is 0.407 e. The minimum Gasteiger partial charge on any atom is -0.453 e. The second kappa shape index (κ2) is 12.0. The van der Waals surface area contributed by atoms with Gasteiger partial charge < -0.3 is 19.3 Å². The van der Waals surface area contributed by atoms with Crippen LogP contribution in [0.25, 0.3) is 5.57 Å². The molecule has 6 nitrogen and oxygen atoms in total. The van der Waals surface area contributed by atoms with Gasteiger partial charge in [-0.3, -0.25) is 4.79 Å². The number of nitrogens with one attached hydrogen (secondary N) is 1. The van der Waals surface area contributed by atoms with Gasteiger partial charge in [0.05, 0.1) is 13.2 Å². The van der Waals surface area contributed by atoms with Crippen molar-refractivity contribution in [2.45, 2.75) is 17.4 Å². The van der Waals surface area contributed by atoms with Gasteiger partial charge in [-0.2, -0.15) is 0 Å². The summed E-state index contributed by atoms with van der Waals surface area (Å²) in [6.45, 7) is 9.40. The molecular weight excluding hydrogens is 434 g/mol. The number of benzene rings is 2. The van der Waals surface area contributed by atoms with Gasteiger partial charge >= 0.3 is 6.09 Å². The Balaban J connectivity index is 1.64. The first-order valence-corrected chi connectivity index (χ1v) is 11.5. The molecule has 0 radical (unpaired) electrons. The van der Waals surface area contributed by atoms with Gasteiger partial charge in [0.25, 0.3) is 5.91 Å². The molecule has 1 heterocycles. The number of likely N-dealkylation sites (tertiary alicyclic amines) is 1. The third kappa shape index (κ3) is 6.76.